The number of allylic oxidation sites excluding steroid dienone is 2. The Morgan fingerprint density at radius 2 is 1.95 bits per heavy atom. The average molecular weight is 274 g/mol. The highest BCUT2D eigenvalue weighted by molar-refractivity contribution is 5.75. The highest BCUT2D eigenvalue weighted by Crippen LogP contribution is 2.80. The lowest BCUT2D eigenvalue weighted by atomic mass is 9.47. The smallest absolute Gasteiger partial charge is 0.309 e. The highest BCUT2D eigenvalue weighted by Gasteiger charge is 2.76. The third kappa shape index (κ3) is 1.10. The number of hydrogen-bond acceptors (Lipinski definition) is 1. The molecule has 0 heterocycles. The summed E-state index contributed by atoms with van der Waals surface area (Å²) in [4.78, 5) is 11.8. The molecule has 4 rings (SSSR count). The van der Waals surface area contributed by atoms with Crippen LogP contribution in [0.25, 0.3) is 0 Å². The molecule has 2 nitrogen and oxygen atoms in total. The minimum Gasteiger partial charge on any atom is -0.481 e. The molecule has 4 bridgehead atoms. The average Bonchev–Trinajstić information content (AvgIpc) is 3.02. The Morgan fingerprint density at radius 3 is 2.55 bits per heavy atom. The van der Waals surface area contributed by atoms with E-state index in [1.165, 1.54) is 6.42 Å². The summed E-state index contributed by atoms with van der Waals surface area (Å²) in [6.07, 6.45) is 8.20. The van der Waals surface area contributed by atoms with E-state index in [1.54, 1.807) is 0 Å². The lowest BCUT2D eigenvalue weighted by molar-refractivity contribution is -0.160. The zero-order valence-corrected chi connectivity index (χ0v) is 13.0. The van der Waals surface area contributed by atoms with Crippen molar-refractivity contribution in [2.24, 2.45) is 45.8 Å². The van der Waals surface area contributed by atoms with Crippen molar-refractivity contribution in [3.8, 4) is 0 Å². The molecule has 4 aliphatic rings. The first-order valence-corrected chi connectivity index (χ1v) is 8.14. The summed E-state index contributed by atoms with van der Waals surface area (Å²) in [5.41, 5.74) is 0.176. The summed E-state index contributed by atoms with van der Waals surface area (Å²) in [7, 11) is 0. The Bertz CT molecular complexity index is 514. The van der Waals surface area contributed by atoms with Crippen molar-refractivity contribution in [1.82, 2.24) is 0 Å². The Kier molecular flexibility index (Phi) is 2.15. The first-order chi connectivity index (χ1) is 9.23. The van der Waals surface area contributed by atoms with Crippen molar-refractivity contribution in [3.63, 3.8) is 0 Å². The molecule has 4 aliphatic carbocycles. The molecular formula is C18H26O2. The zero-order valence-electron chi connectivity index (χ0n) is 13.0. The normalized spacial score (nSPS) is 55.5. The van der Waals surface area contributed by atoms with E-state index in [4.69, 9.17) is 0 Å². The van der Waals surface area contributed by atoms with E-state index in [2.05, 4.69) is 32.9 Å². The second-order valence-electron chi connectivity index (χ2n) is 9.07. The van der Waals surface area contributed by atoms with Gasteiger partial charge in [-0.05, 0) is 66.6 Å². The van der Waals surface area contributed by atoms with Gasteiger partial charge in [-0.1, -0.05) is 32.9 Å². The van der Waals surface area contributed by atoms with Crippen molar-refractivity contribution in [2.45, 2.75) is 47.0 Å². The van der Waals surface area contributed by atoms with Crippen LogP contribution in [0.4, 0.5) is 0 Å². The molecule has 3 saturated carbocycles. The summed E-state index contributed by atoms with van der Waals surface area (Å²) >= 11 is 0. The van der Waals surface area contributed by atoms with Crippen LogP contribution in [0.5, 0.6) is 0 Å². The number of aliphatic carboxylic acids is 1. The molecule has 0 aromatic rings. The molecule has 1 N–H and O–H groups in total. The number of carboxylic acid groups (broad SMARTS) is 1. The van der Waals surface area contributed by atoms with Crippen LogP contribution in [0, 0.1) is 45.8 Å². The lowest BCUT2D eigenvalue weighted by Crippen LogP contribution is -2.54. The van der Waals surface area contributed by atoms with Gasteiger partial charge in [0.15, 0.2) is 0 Å². The third-order valence-electron chi connectivity index (χ3n) is 7.67. The Hall–Kier alpha value is -0.790. The molecule has 7 atom stereocenters. The van der Waals surface area contributed by atoms with Gasteiger partial charge in [0, 0.05) is 0 Å². The van der Waals surface area contributed by atoms with Gasteiger partial charge in [0.05, 0.1) is 5.41 Å². The molecule has 20 heavy (non-hydrogen) atoms. The number of hydrogen-bond donors (Lipinski definition) is 1. The summed E-state index contributed by atoms with van der Waals surface area (Å²) in [6, 6.07) is 0. The number of fused-ring (bicyclic) bond motifs is 9. The monoisotopic (exact) mass is 274 g/mol. The molecule has 0 amide bonds. The molecule has 2 heteroatoms. The molecular weight excluding hydrogens is 248 g/mol. The first-order valence-electron chi connectivity index (χ1n) is 8.14. The van der Waals surface area contributed by atoms with Crippen molar-refractivity contribution in [1.29, 1.82) is 0 Å². The maximum absolute atomic E-state index is 11.8. The van der Waals surface area contributed by atoms with E-state index >= 15 is 0 Å². The predicted molar refractivity (Wildman–Crippen MR) is 78.1 cm³/mol. The van der Waals surface area contributed by atoms with E-state index in [1.807, 2.05) is 6.92 Å². The standard InChI is InChI=1S/C18H26O2/c1-16(2,3)18-11-6-5-10(7-11)14(18)13-8-12(18)9-17(13,4)15(19)20/h5-6,10-14H,7-9H2,1-4H3,(H,19,20). The summed E-state index contributed by atoms with van der Waals surface area (Å²) in [5, 5.41) is 9.75. The Labute approximate surface area is 121 Å². The SMILES string of the molecule is CC1(C(=O)O)CC2CC1C1C3C=CC(C3)C21C(C)(C)C. The van der Waals surface area contributed by atoms with Crippen LogP contribution in [0.1, 0.15) is 47.0 Å². The summed E-state index contributed by atoms with van der Waals surface area (Å²) < 4.78 is 0. The van der Waals surface area contributed by atoms with E-state index in [9.17, 15) is 9.90 Å². The van der Waals surface area contributed by atoms with Crippen LogP contribution in [0.15, 0.2) is 12.2 Å². The molecule has 3 fully saturated rings. The number of carbonyl (C=O) groups is 1. The van der Waals surface area contributed by atoms with Gasteiger partial charge in [0.25, 0.3) is 0 Å². The van der Waals surface area contributed by atoms with E-state index in [-0.39, 0.29) is 5.41 Å². The molecule has 110 valence electrons. The summed E-state index contributed by atoms with van der Waals surface area (Å²) in [5.74, 6) is 2.40. The van der Waals surface area contributed by atoms with Crippen molar-refractivity contribution >= 4 is 5.97 Å². The molecule has 0 spiro atoms. The van der Waals surface area contributed by atoms with E-state index in [0.717, 1.165) is 12.8 Å². The molecule has 7 unspecified atom stereocenters. The predicted octanol–water partition coefficient (Wildman–Crippen LogP) is 3.97. The van der Waals surface area contributed by atoms with Crippen LogP contribution in [-0.2, 0) is 4.79 Å². The second-order valence-corrected chi connectivity index (χ2v) is 9.07. The van der Waals surface area contributed by atoms with Gasteiger partial charge in [0.1, 0.15) is 0 Å². The van der Waals surface area contributed by atoms with Gasteiger partial charge in [-0.25, -0.2) is 0 Å². The zero-order chi connectivity index (χ0) is 14.5. The fourth-order valence-electron chi connectivity index (χ4n) is 7.29. The molecule has 0 radical (unpaired) electrons. The maximum Gasteiger partial charge on any atom is 0.309 e. The summed E-state index contributed by atoms with van der Waals surface area (Å²) in [6.45, 7) is 9.20. The molecule has 0 aliphatic heterocycles. The first kappa shape index (κ1) is 12.9. The van der Waals surface area contributed by atoms with Crippen molar-refractivity contribution in [3.05, 3.63) is 12.2 Å². The molecule has 0 aromatic heterocycles. The Morgan fingerprint density at radius 1 is 1.25 bits per heavy atom. The van der Waals surface area contributed by atoms with Gasteiger partial charge in [-0.2, -0.15) is 0 Å². The van der Waals surface area contributed by atoms with Gasteiger partial charge < -0.3 is 5.11 Å². The van der Waals surface area contributed by atoms with Gasteiger partial charge in [-0.3, -0.25) is 4.79 Å². The maximum atomic E-state index is 11.8. The van der Waals surface area contributed by atoms with E-state index in [0.29, 0.717) is 35.0 Å². The minimum atomic E-state index is -0.556. The van der Waals surface area contributed by atoms with E-state index < -0.39 is 11.4 Å². The van der Waals surface area contributed by atoms with Crippen molar-refractivity contribution < 1.29 is 9.90 Å². The number of carboxylic acids is 1. The van der Waals surface area contributed by atoms with Crippen LogP contribution < -0.4 is 0 Å². The van der Waals surface area contributed by atoms with Crippen LogP contribution >= 0.6 is 0 Å². The van der Waals surface area contributed by atoms with Gasteiger partial charge in [0.2, 0.25) is 0 Å². The van der Waals surface area contributed by atoms with Crippen LogP contribution in [0.2, 0.25) is 0 Å². The van der Waals surface area contributed by atoms with Gasteiger partial charge in [-0.15, -0.1) is 0 Å². The quantitative estimate of drug-likeness (QED) is 0.580. The molecule has 0 saturated heterocycles. The fourth-order valence-corrected chi connectivity index (χ4v) is 7.29. The largest absolute Gasteiger partial charge is 0.481 e. The molecule has 0 aromatic carbocycles. The topological polar surface area (TPSA) is 37.3 Å². The minimum absolute atomic E-state index is 0.279. The Balaban J connectivity index is 1.87. The van der Waals surface area contributed by atoms with Gasteiger partial charge >= 0.3 is 5.97 Å². The second kappa shape index (κ2) is 3.34. The van der Waals surface area contributed by atoms with Crippen LogP contribution in [-0.4, -0.2) is 11.1 Å². The van der Waals surface area contributed by atoms with Crippen LogP contribution in [0.3, 0.4) is 0 Å². The third-order valence-corrected chi connectivity index (χ3v) is 7.67. The lowest BCUT2D eigenvalue weighted by Gasteiger charge is -2.57. The highest BCUT2D eigenvalue weighted by atomic mass is 16.4. The van der Waals surface area contributed by atoms with Crippen molar-refractivity contribution in [2.75, 3.05) is 0 Å². The number of rotatable bonds is 1. The fraction of sp³-hybridized carbons (Fsp3) is 0.833.